The molecule has 0 unspecified atom stereocenters. The van der Waals surface area contributed by atoms with E-state index in [4.69, 9.17) is 0 Å². The lowest BCUT2D eigenvalue weighted by Crippen LogP contribution is -2.32. The average molecular weight is 398 g/mol. The van der Waals surface area contributed by atoms with Gasteiger partial charge < -0.3 is 10.2 Å². The lowest BCUT2D eigenvalue weighted by atomic mass is 10.2. The number of anilines is 1. The molecule has 3 aromatic rings. The maximum atomic E-state index is 12.4. The Morgan fingerprint density at radius 2 is 1.96 bits per heavy atom. The molecule has 1 fully saturated rings. The van der Waals surface area contributed by atoms with Crippen LogP contribution in [0.1, 0.15) is 5.56 Å². The van der Waals surface area contributed by atoms with E-state index in [1.165, 1.54) is 27.5 Å². The average Bonchev–Trinajstić information content (AvgIpc) is 3.11. The molecule has 1 aromatic carbocycles. The number of nitrogens with one attached hydrogen (secondary N) is 1. The fraction of sp³-hybridized carbons (Fsp3) is 0.368. The van der Waals surface area contributed by atoms with Crippen LogP contribution >= 0.6 is 11.8 Å². The van der Waals surface area contributed by atoms with Gasteiger partial charge in [0.05, 0.1) is 6.20 Å². The molecule has 2 aromatic heterocycles. The smallest absolute Gasteiger partial charge is 0.264 e. The monoisotopic (exact) mass is 398 g/mol. The molecule has 28 heavy (non-hydrogen) atoms. The molecule has 1 amide bonds. The molecule has 0 aliphatic carbocycles. The van der Waals surface area contributed by atoms with Crippen molar-refractivity contribution in [1.29, 1.82) is 0 Å². The molecular weight excluding hydrogens is 376 g/mol. The number of thioether (sulfide) groups is 1. The van der Waals surface area contributed by atoms with E-state index in [2.05, 4.69) is 32.4 Å². The van der Waals surface area contributed by atoms with E-state index in [1.54, 1.807) is 7.05 Å². The van der Waals surface area contributed by atoms with Crippen LogP contribution in [0.2, 0.25) is 0 Å². The Morgan fingerprint density at radius 1 is 1.21 bits per heavy atom. The fourth-order valence-corrected chi connectivity index (χ4v) is 4.14. The van der Waals surface area contributed by atoms with E-state index in [9.17, 15) is 9.59 Å². The number of aromatic nitrogens is 4. The first kappa shape index (κ1) is 18.5. The summed E-state index contributed by atoms with van der Waals surface area (Å²) in [6, 6.07) is 8.27. The second-order valence-electron chi connectivity index (χ2n) is 6.73. The molecule has 3 heterocycles. The molecule has 4 rings (SSSR count). The third-order valence-corrected chi connectivity index (χ3v) is 5.78. The van der Waals surface area contributed by atoms with E-state index >= 15 is 0 Å². The van der Waals surface area contributed by atoms with Gasteiger partial charge in [0.15, 0.2) is 5.65 Å². The van der Waals surface area contributed by atoms with Crippen molar-refractivity contribution in [1.82, 2.24) is 24.6 Å². The van der Waals surface area contributed by atoms with Gasteiger partial charge in [-0.1, -0.05) is 12.1 Å². The number of amides is 1. The summed E-state index contributed by atoms with van der Waals surface area (Å²) in [5.74, 6) is 2.09. The zero-order chi connectivity index (χ0) is 19.5. The molecule has 9 heteroatoms. The highest BCUT2D eigenvalue weighted by Crippen LogP contribution is 2.19. The van der Waals surface area contributed by atoms with Crippen LogP contribution in [0.3, 0.4) is 0 Å². The van der Waals surface area contributed by atoms with Crippen LogP contribution in [0.5, 0.6) is 0 Å². The van der Waals surface area contributed by atoms with Gasteiger partial charge in [0, 0.05) is 43.9 Å². The second-order valence-corrected chi connectivity index (χ2v) is 7.95. The summed E-state index contributed by atoms with van der Waals surface area (Å²) >= 11 is 1.99. The van der Waals surface area contributed by atoms with Gasteiger partial charge in [-0.2, -0.15) is 16.9 Å². The van der Waals surface area contributed by atoms with E-state index in [-0.39, 0.29) is 18.0 Å². The van der Waals surface area contributed by atoms with Crippen LogP contribution in [0.15, 0.2) is 41.6 Å². The second kappa shape index (κ2) is 8.05. The van der Waals surface area contributed by atoms with Gasteiger partial charge in [0.2, 0.25) is 5.91 Å². The van der Waals surface area contributed by atoms with Crippen LogP contribution in [0.25, 0.3) is 11.0 Å². The van der Waals surface area contributed by atoms with Crippen LogP contribution < -0.4 is 15.8 Å². The number of rotatable bonds is 5. The van der Waals surface area contributed by atoms with Crippen LogP contribution in [-0.4, -0.2) is 49.8 Å². The summed E-state index contributed by atoms with van der Waals surface area (Å²) in [6.07, 6.45) is 2.86. The number of hydrogen-bond donors (Lipinski definition) is 1. The summed E-state index contributed by atoms with van der Waals surface area (Å²) in [5.41, 5.74) is 2.49. The van der Waals surface area contributed by atoms with Crippen molar-refractivity contribution >= 4 is 34.4 Å². The van der Waals surface area contributed by atoms with Gasteiger partial charge in [-0.05, 0) is 17.7 Å². The van der Waals surface area contributed by atoms with Gasteiger partial charge in [0.25, 0.3) is 5.56 Å². The topological polar surface area (TPSA) is 85.0 Å². The Hall–Kier alpha value is -2.81. The first-order valence-electron chi connectivity index (χ1n) is 9.17. The number of aryl methyl sites for hydroxylation is 1. The van der Waals surface area contributed by atoms with E-state index in [1.807, 2.05) is 23.9 Å². The Balaban J connectivity index is 1.35. The summed E-state index contributed by atoms with van der Waals surface area (Å²) in [4.78, 5) is 31.3. The Kier molecular flexibility index (Phi) is 5.34. The number of nitrogens with zero attached hydrogens (tertiary/aromatic N) is 5. The van der Waals surface area contributed by atoms with E-state index in [0.29, 0.717) is 17.6 Å². The largest absolute Gasteiger partial charge is 0.370 e. The van der Waals surface area contributed by atoms with Gasteiger partial charge in [-0.3, -0.25) is 18.8 Å². The van der Waals surface area contributed by atoms with Crippen LogP contribution in [0, 0.1) is 0 Å². The van der Waals surface area contributed by atoms with Gasteiger partial charge in [0.1, 0.15) is 18.3 Å². The summed E-state index contributed by atoms with van der Waals surface area (Å²) < 4.78 is 2.84. The zero-order valence-electron chi connectivity index (χ0n) is 15.7. The predicted molar refractivity (Wildman–Crippen MR) is 111 cm³/mol. The van der Waals surface area contributed by atoms with Crippen molar-refractivity contribution in [3.63, 3.8) is 0 Å². The molecule has 8 nitrogen and oxygen atoms in total. The number of fused-ring (bicyclic) bond motifs is 1. The van der Waals surface area contributed by atoms with Crippen molar-refractivity contribution in [2.24, 2.45) is 7.05 Å². The van der Waals surface area contributed by atoms with Crippen LogP contribution in [-0.2, 0) is 24.9 Å². The van der Waals surface area contributed by atoms with E-state index < -0.39 is 0 Å². The summed E-state index contributed by atoms with van der Waals surface area (Å²) in [6.45, 7) is 2.50. The minimum atomic E-state index is -0.266. The predicted octanol–water partition coefficient (Wildman–Crippen LogP) is 1.000. The molecule has 146 valence electrons. The van der Waals surface area contributed by atoms with Crippen molar-refractivity contribution < 1.29 is 4.79 Å². The highest BCUT2D eigenvalue weighted by atomic mass is 32.2. The Bertz CT molecular complexity index is 1040. The Morgan fingerprint density at radius 3 is 2.71 bits per heavy atom. The molecular formula is C19H22N6O2S. The molecule has 0 bridgehead atoms. The molecule has 1 aliphatic heterocycles. The summed E-state index contributed by atoms with van der Waals surface area (Å²) in [5, 5.41) is 7.30. The number of benzene rings is 1. The lowest BCUT2D eigenvalue weighted by molar-refractivity contribution is -0.121. The van der Waals surface area contributed by atoms with Gasteiger partial charge in [-0.15, -0.1) is 0 Å². The standard InChI is InChI=1S/C19H22N6O2S/c1-23-18-16(11-22-23)19(27)25(13-21-18)12-17(26)20-10-14-2-4-15(5-3-14)24-6-8-28-9-7-24/h2-5,11,13H,6-10,12H2,1H3,(H,20,26). The summed E-state index contributed by atoms with van der Waals surface area (Å²) in [7, 11) is 1.72. The van der Waals surface area contributed by atoms with Crippen molar-refractivity contribution in [3.8, 4) is 0 Å². The fourth-order valence-electron chi connectivity index (χ4n) is 3.24. The van der Waals surface area contributed by atoms with Crippen molar-refractivity contribution in [2.45, 2.75) is 13.1 Å². The highest BCUT2D eigenvalue weighted by molar-refractivity contribution is 7.99. The normalized spacial score (nSPS) is 14.4. The first-order chi connectivity index (χ1) is 13.6. The molecule has 0 atom stereocenters. The number of carbonyl (C=O) groups excluding carboxylic acids is 1. The molecule has 1 saturated heterocycles. The minimum absolute atomic E-state index is 0.0693. The van der Waals surface area contributed by atoms with Crippen LogP contribution in [0.4, 0.5) is 5.69 Å². The number of hydrogen-bond acceptors (Lipinski definition) is 6. The van der Waals surface area contributed by atoms with Crippen molar-refractivity contribution in [2.75, 3.05) is 29.5 Å². The lowest BCUT2D eigenvalue weighted by Gasteiger charge is -2.28. The maximum Gasteiger partial charge on any atom is 0.264 e. The Labute approximate surface area is 166 Å². The maximum absolute atomic E-state index is 12.4. The first-order valence-corrected chi connectivity index (χ1v) is 10.3. The van der Waals surface area contributed by atoms with Gasteiger partial charge >= 0.3 is 0 Å². The highest BCUT2D eigenvalue weighted by Gasteiger charge is 2.12. The number of carbonyl (C=O) groups is 1. The molecule has 1 aliphatic rings. The van der Waals surface area contributed by atoms with Gasteiger partial charge in [-0.25, -0.2) is 4.98 Å². The molecule has 0 saturated carbocycles. The third kappa shape index (κ3) is 3.89. The van der Waals surface area contributed by atoms with E-state index in [0.717, 1.165) is 30.2 Å². The SMILES string of the molecule is Cn1ncc2c(=O)n(CC(=O)NCc3ccc(N4CCSCC4)cc3)cnc21. The molecule has 0 radical (unpaired) electrons. The van der Waals surface area contributed by atoms with Crippen molar-refractivity contribution in [3.05, 3.63) is 52.7 Å². The minimum Gasteiger partial charge on any atom is -0.370 e. The quantitative estimate of drug-likeness (QED) is 0.690. The third-order valence-electron chi connectivity index (χ3n) is 4.83. The molecule has 0 spiro atoms. The zero-order valence-corrected chi connectivity index (χ0v) is 16.5. The molecule has 1 N–H and O–H groups in total.